The molecule has 1 aromatic carbocycles. The van der Waals surface area contributed by atoms with Crippen LogP contribution in [-0.2, 0) is 6.54 Å². The maximum atomic E-state index is 3.83. The largest absolute Gasteiger partial charge is 0.312 e. The summed E-state index contributed by atoms with van der Waals surface area (Å²) in [6.07, 6.45) is 3.93. The molecule has 0 saturated heterocycles. The molecular formula is C16H22N2. The van der Waals surface area contributed by atoms with E-state index in [0.29, 0.717) is 5.92 Å². The molecule has 1 N–H and O–H groups in total. The number of rotatable bonds is 6. The first-order valence-electron chi connectivity index (χ1n) is 6.57. The van der Waals surface area contributed by atoms with Gasteiger partial charge in [0.05, 0.1) is 0 Å². The summed E-state index contributed by atoms with van der Waals surface area (Å²) in [4.78, 5) is 2.38. The zero-order chi connectivity index (χ0) is 12.8. The first kappa shape index (κ1) is 13.1. The van der Waals surface area contributed by atoms with Crippen molar-refractivity contribution in [3.05, 3.63) is 60.7 Å². The second-order valence-corrected chi connectivity index (χ2v) is 4.82. The van der Waals surface area contributed by atoms with Gasteiger partial charge in [0.25, 0.3) is 0 Å². The van der Waals surface area contributed by atoms with Gasteiger partial charge in [-0.05, 0) is 11.1 Å². The minimum atomic E-state index is 0.565. The third-order valence-electron chi connectivity index (χ3n) is 3.45. The molecule has 2 nitrogen and oxygen atoms in total. The highest BCUT2D eigenvalue weighted by molar-refractivity contribution is 5.33. The van der Waals surface area contributed by atoms with Crippen LogP contribution in [0.3, 0.4) is 0 Å². The molecule has 0 fully saturated rings. The van der Waals surface area contributed by atoms with Crippen molar-refractivity contribution in [3.8, 4) is 0 Å². The Morgan fingerprint density at radius 2 is 1.94 bits per heavy atom. The van der Waals surface area contributed by atoms with Crippen LogP contribution < -0.4 is 5.32 Å². The molecule has 0 aromatic heterocycles. The van der Waals surface area contributed by atoms with E-state index in [-0.39, 0.29) is 0 Å². The summed E-state index contributed by atoms with van der Waals surface area (Å²) in [6, 6.07) is 8.75. The van der Waals surface area contributed by atoms with Crippen molar-refractivity contribution in [2.24, 2.45) is 0 Å². The van der Waals surface area contributed by atoms with E-state index in [1.165, 1.54) is 11.1 Å². The van der Waals surface area contributed by atoms with Crippen molar-refractivity contribution in [1.29, 1.82) is 0 Å². The number of hydrogen-bond acceptors (Lipinski definition) is 2. The molecule has 2 rings (SSSR count). The van der Waals surface area contributed by atoms with E-state index < -0.39 is 0 Å². The molecule has 2 heteroatoms. The van der Waals surface area contributed by atoms with Crippen molar-refractivity contribution in [3.63, 3.8) is 0 Å². The Hall–Kier alpha value is -1.38. The van der Waals surface area contributed by atoms with Gasteiger partial charge in [-0.15, -0.1) is 13.2 Å². The van der Waals surface area contributed by atoms with Crippen LogP contribution in [0.15, 0.2) is 49.6 Å². The quantitative estimate of drug-likeness (QED) is 0.771. The van der Waals surface area contributed by atoms with Gasteiger partial charge in [0.2, 0.25) is 0 Å². The summed E-state index contributed by atoms with van der Waals surface area (Å²) in [5.41, 5.74) is 2.93. The van der Waals surface area contributed by atoms with Crippen molar-refractivity contribution < 1.29 is 0 Å². The topological polar surface area (TPSA) is 15.3 Å². The normalized spacial score (nSPS) is 18.4. The predicted molar refractivity (Wildman–Crippen MR) is 77.7 cm³/mol. The molecule has 0 spiro atoms. The highest BCUT2D eigenvalue weighted by atomic mass is 15.1. The summed E-state index contributed by atoms with van der Waals surface area (Å²) in [7, 11) is 0. The lowest BCUT2D eigenvalue weighted by Gasteiger charge is -2.31. The fraction of sp³-hybridized carbons (Fsp3) is 0.375. The minimum absolute atomic E-state index is 0.565. The lowest BCUT2D eigenvalue weighted by molar-refractivity contribution is 0.300. The third kappa shape index (κ3) is 3.09. The summed E-state index contributed by atoms with van der Waals surface area (Å²) < 4.78 is 0. The van der Waals surface area contributed by atoms with Gasteiger partial charge >= 0.3 is 0 Å². The van der Waals surface area contributed by atoms with Gasteiger partial charge in [-0.25, -0.2) is 0 Å². The fourth-order valence-electron chi connectivity index (χ4n) is 2.65. The van der Waals surface area contributed by atoms with E-state index in [1.807, 2.05) is 12.2 Å². The summed E-state index contributed by atoms with van der Waals surface area (Å²) in [5.74, 6) is 0.565. The number of benzene rings is 1. The van der Waals surface area contributed by atoms with Gasteiger partial charge in [0.1, 0.15) is 0 Å². The molecule has 0 amide bonds. The first-order chi connectivity index (χ1) is 8.85. The first-order valence-corrected chi connectivity index (χ1v) is 6.57. The molecule has 1 unspecified atom stereocenters. The molecule has 0 bridgehead atoms. The second kappa shape index (κ2) is 6.53. The maximum absolute atomic E-state index is 3.83. The Bertz CT molecular complexity index is 401. The molecule has 1 atom stereocenters. The molecule has 18 heavy (non-hydrogen) atoms. The maximum Gasteiger partial charge on any atom is 0.0208 e. The van der Waals surface area contributed by atoms with Crippen LogP contribution in [0.5, 0.6) is 0 Å². The van der Waals surface area contributed by atoms with Crippen molar-refractivity contribution in [2.45, 2.75) is 12.5 Å². The van der Waals surface area contributed by atoms with Crippen LogP contribution in [0.2, 0.25) is 0 Å². The minimum Gasteiger partial charge on any atom is -0.312 e. The SMILES string of the molecule is C=CCN(CC=C)CC1CNCc2ccccc21. The van der Waals surface area contributed by atoms with Crippen molar-refractivity contribution >= 4 is 0 Å². The standard InChI is InChI=1S/C16H22N2/c1-3-9-18(10-4-2)13-15-12-17-11-14-7-5-6-8-16(14)15/h3-8,15,17H,1-2,9-13H2. The van der Waals surface area contributed by atoms with Crippen LogP contribution in [0, 0.1) is 0 Å². The lowest BCUT2D eigenvalue weighted by Crippen LogP contribution is -2.37. The van der Waals surface area contributed by atoms with Crippen molar-refractivity contribution in [1.82, 2.24) is 10.2 Å². The second-order valence-electron chi connectivity index (χ2n) is 4.82. The number of nitrogens with zero attached hydrogens (tertiary/aromatic N) is 1. The molecular weight excluding hydrogens is 220 g/mol. The highest BCUT2D eigenvalue weighted by Gasteiger charge is 2.20. The molecule has 1 heterocycles. The molecule has 0 saturated carbocycles. The molecule has 0 radical (unpaired) electrons. The average Bonchev–Trinajstić information content (AvgIpc) is 2.40. The summed E-state index contributed by atoms with van der Waals surface area (Å²) in [6.45, 7) is 12.6. The van der Waals surface area contributed by atoms with Crippen LogP contribution in [-0.4, -0.2) is 31.1 Å². The van der Waals surface area contributed by atoms with Gasteiger partial charge in [-0.2, -0.15) is 0 Å². The van der Waals surface area contributed by atoms with Gasteiger partial charge < -0.3 is 5.32 Å². The zero-order valence-electron chi connectivity index (χ0n) is 10.9. The third-order valence-corrected chi connectivity index (χ3v) is 3.45. The van der Waals surface area contributed by atoms with Gasteiger partial charge in [-0.3, -0.25) is 4.90 Å². The Balaban J connectivity index is 2.09. The monoisotopic (exact) mass is 242 g/mol. The molecule has 1 aliphatic heterocycles. The Morgan fingerprint density at radius 1 is 1.22 bits per heavy atom. The van der Waals surface area contributed by atoms with E-state index in [1.54, 1.807) is 0 Å². The van der Waals surface area contributed by atoms with Crippen molar-refractivity contribution in [2.75, 3.05) is 26.2 Å². The zero-order valence-corrected chi connectivity index (χ0v) is 10.9. The van der Waals surface area contributed by atoms with E-state index in [4.69, 9.17) is 0 Å². The van der Waals surface area contributed by atoms with Crippen LogP contribution >= 0.6 is 0 Å². The Morgan fingerprint density at radius 3 is 2.67 bits per heavy atom. The number of hydrogen-bond donors (Lipinski definition) is 1. The summed E-state index contributed by atoms with van der Waals surface area (Å²) in [5, 5.41) is 3.50. The van der Waals surface area contributed by atoms with Crippen LogP contribution in [0.4, 0.5) is 0 Å². The van der Waals surface area contributed by atoms with Crippen LogP contribution in [0.25, 0.3) is 0 Å². The molecule has 0 aliphatic carbocycles. The number of nitrogens with one attached hydrogen (secondary N) is 1. The van der Waals surface area contributed by atoms with E-state index in [2.05, 4.69) is 47.6 Å². The van der Waals surface area contributed by atoms with Gasteiger partial charge in [-0.1, -0.05) is 36.4 Å². The molecule has 1 aliphatic rings. The van der Waals surface area contributed by atoms with E-state index in [0.717, 1.165) is 32.7 Å². The Labute approximate surface area is 110 Å². The fourth-order valence-corrected chi connectivity index (χ4v) is 2.65. The highest BCUT2D eigenvalue weighted by Crippen LogP contribution is 2.24. The van der Waals surface area contributed by atoms with E-state index in [9.17, 15) is 0 Å². The molecule has 96 valence electrons. The van der Waals surface area contributed by atoms with E-state index >= 15 is 0 Å². The van der Waals surface area contributed by atoms with Crippen LogP contribution in [0.1, 0.15) is 17.0 Å². The predicted octanol–water partition coefficient (Wildman–Crippen LogP) is 2.55. The lowest BCUT2D eigenvalue weighted by atomic mass is 9.90. The molecule has 1 aromatic rings. The van der Waals surface area contributed by atoms with Gasteiger partial charge in [0.15, 0.2) is 0 Å². The number of fused-ring (bicyclic) bond motifs is 1. The van der Waals surface area contributed by atoms with Gasteiger partial charge in [0, 0.05) is 38.6 Å². The Kier molecular flexibility index (Phi) is 4.73. The average molecular weight is 242 g/mol. The smallest absolute Gasteiger partial charge is 0.0208 e. The summed E-state index contributed by atoms with van der Waals surface area (Å²) >= 11 is 0.